The highest BCUT2D eigenvalue weighted by atomic mass is 32.1. The second-order valence-electron chi connectivity index (χ2n) is 8.56. The molecule has 1 aliphatic heterocycles. The van der Waals surface area contributed by atoms with E-state index in [0.29, 0.717) is 38.3 Å². The van der Waals surface area contributed by atoms with Gasteiger partial charge in [-0.3, -0.25) is 9.69 Å². The fourth-order valence-corrected chi connectivity index (χ4v) is 5.71. The van der Waals surface area contributed by atoms with Crippen LogP contribution in [0.2, 0.25) is 0 Å². The summed E-state index contributed by atoms with van der Waals surface area (Å²) in [6.07, 6.45) is 2.47. The van der Waals surface area contributed by atoms with Crippen molar-refractivity contribution in [2.75, 3.05) is 29.4 Å². The van der Waals surface area contributed by atoms with E-state index in [1.54, 1.807) is 28.4 Å². The summed E-state index contributed by atoms with van der Waals surface area (Å²) in [4.78, 5) is 23.0. The number of thiazole rings is 1. The Kier molecular flexibility index (Phi) is 6.00. The Labute approximate surface area is 198 Å². The SMILES string of the molecule is C=CCN(C(=O)C1CCN(c2ccc3nnc(C(F)(F)F)n3n2)CC1)c1nc2c(s1)CCCC2. The molecule has 8 nitrogen and oxygen atoms in total. The van der Waals surface area contributed by atoms with E-state index in [1.165, 1.54) is 10.9 Å². The summed E-state index contributed by atoms with van der Waals surface area (Å²) < 4.78 is 40.3. The number of aromatic nitrogens is 5. The Morgan fingerprint density at radius 3 is 2.68 bits per heavy atom. The Morgan fingerprint density at radius 1 is 1.21 bits per heavy atom. The van der Waals surface area contributed by atoms with Gasteiger partial charge in [-0.05, 0) is 50.7 Å². The number of piperidine rings is 1. The number of anilines is 2. The molecule has 0 radical (unpaired) electrons. The van der Waals surface area contributed by atoms with Gasteiger partial charge in [-0.15, -0.1) is 33.2 Å². The summed E-state index contributed by atoms with van der Waals surface area (Å²) in [6.45, 7) is 5.22. The zero-order valence-electron chi connectivity index (χ0n) is 18.5. The maximum Gasteiger partial charge on any atom is 0.453 e. The number of alkyl halides is 3. The van der Waals surface area contributed by atoms with Gasteiger partial charge in [-0.2, -0.15) is 17.7 Å². The number of halogens is 3. The van der Waals surface area contributed by atoms with Crippen LogP contribution in [0.25, 0.3) is 5.65 Å². The number of aryl methyl sites for hydroxylation is 2. The van der Waals surface area contributed by atoms with Gasteiger partial charge in [0, 0.05) is 30.4 Å². The molecule has 2 aliphatic rings. The van der Waals surface area contributed by atoms with Crippen LogP contribution in [-0.2, 0) is 23.8 Å². The van der Waals surface area contributed by atoms with Gasteiger partial charge in [-0.1, -0.05) is 6.08 Å². The molecular formula is C22H24F3N7OS. The largest absolute Gasteiger partial charge is 0.453 e. The molecule has 0 saturated carbocycles. The lowest BCUT2D eigenvalue weighted by Gasteiger charge is -2.34. The van der Waals surface area contributed by atoms with Crippen molar-refractivity contribution >= 4 is 33.8 Å². The van der Waals surface area contributed by atoms with Gasteiger partial charge in [0.05, 0.1) is 5.69 Å². The Hall–Kier alpha value is -3.02. The first-order valence-electron chi connectivity index (χ1n) is 11.3. The molecular weight excluding hydrogens is 467 g/mol. The van der Waals surface area contributed by atoms with Crippen molar-refractivity contribution in [3.05, 3.63) is 41.2 Å². The molecule has 3 aromatic heterocycles. The van der Waals surface area contributed by atoms with E-state index in [-0.39, 0.29) is 17.5 Å². The number of carbonyl (C=O) groups is 1. The number of rotatable bonds is 5. The minimum Gasteiger partial charge on any atom is -0.355 e. The van der Waals surface area contributed by atoms with E-state index in [2.05, 4.69) is 21.9 Å². The summed E-state index contributed by atoms with van der Waals surface area (Å²) >= 11 is 1.60. The van der Waals surface area contributed by atoms with Crippen LogP contribution >= 0.6 is 11.3 Å². The maximum atomic E-state index is 13.4. The smallest absolute Gasteiger partial charge is 0.355 e. The number of nitrogens with zero attached hydrogens (tertiary/aromatic N) is 7. The van der Waals surface area contributed by atoms with E-state index in [1.807, 2.05) is 4.90 Å². The van der Waals surface area contributed by atoms with E-state index >= 15 is 0 Å². The number of amides is 1. The van der Waals surface area contributed by atoms with Gasteiger partial charge < -0.3 is 4.90 Å². The van der Waals surface area contributed by atoms with Gasteiger partial charge in [0.25, 0.3) is 5.82 Å². The van der Waals surface area contributed by atoms with Gasteiger partial charge >= 0.3 is 6.18 Å². The molecule has 0 atom stereocenters. The van der Waals surface area contributed by atoms with Crippen molar-refractivity contribution < 1.29 is 18.0 Å². The predicted molar refractivity (Wildman–Crippen MR) is 122 cm³/mol. The van der Waals surface area contributed by atoms with Crippen molar-refractivity contribution in [2.45, 2.75) is 44.7 Å². The molecule has 1 amide bonds. The van der Waals surface area contributed by atoms with Crippen LogP contribution in [0.15, 0.2) is 24.8 Å². The van der Waals surface area contributed by atoms with Crippen LogP contribution in [0.4, 0.5) is 24.1 Å². The molecule has 3 aromatic rings. The van der Waals surface area contributed by atoms with Gasteiger partial charge in [-0.25, -0.2) is 4.98 Å². The standard InChI is InChI=1S/C22H24F3N7OS/c1-2-11-31(21-26-15-5-3-4-6-16(15)34-21)19(33)14-9-12-30(13-10-14)18-8-7-17-27-28-20(22(23,24)25)32(17)29-18/h2,7-8,14H,1,3-6,9-13H2. The van der Waals surface area contributed by atoms with Crippen molar-refractivity contribution in [1.82, 2.24) is 24.8 Å². The lowest BCUT2D eigenvalue weighted by Crippen LogP contribution is -2.43. The van der Waals surface area contributed by atoms with Gasteiger partial charge in [0.15, 0.2) is 10.8 Å². The average molecular weight is 492 g/mol. The monoisotopic (exact) mass is 491 g/mol. The molecule has 0 spiro atoms. The number of fused-ring (bicyclic) bond motifs is 2. The fraction of sp³-hybridized carbons (Fsp3) is 0.500. The molecule has 34 heavy (non-hydrogen) atoms. The van der Waals surface area contributed by atoms with E-state index in [9.17, 15) is 18.0 Å². The molecule has 1 aliphatic carbocycles. The van der Waals surface area contributed by atoms with Crippen molar-refractivity contribution in [3.63, 3.8) is 0 Å². The normalized spacial score (nSPS) is 17.1. The van der Waals surface area contributed by atoms with Crippen LogP contribution in [0, 0.1) is 5.92 Å². The summed E-state index contributed by atoms with van der Waals surface area (Å²) in [5, 5.41) is 11.6. The Bertz CT molecular complexity index is 1190. The molecule has 0 aromatic carbocycles. The molecule has 1 saturated heterocycles. The Morgan fingerprint density at radius 2 is 1.97 bits per heavy atom. The zero-order chi connectivity index (χ0) is 23.9. The van der Waals surface area contributed by atoms with Gasteiger partial charge in [0.2, 0.25) is 5.91 Å². The third-order valence-corrected chi connectivity index (χ3v) is 7.49. The second kappa shape index (κ2) is 8.97. The first kappa shape index (κ1) is 22.8. The molecule has 1 fully saturated rings. The molecule has 0 bridgehead atoms. The van der Waals surface area contributed by atoms with E-state index in [4.69, 9.17) is 4.98 Å². The number of hydrogen-bond acceptors (Lipinski definition) is 7. The van der Waals surface area contributed by atoms with Crippen LogP contribution in [0.3, 0.4) is 0 Å². The predicted octanol–water partition coefficient (Wildman–Crippen LogP) is 3.91. The van der Waals surface area contributed by atoms with E-state index < -0.39 is 12.0 Å². The molecule has 0 N–H and O–H groups in total. The summed E-state index contributed by atoms with van der Waals surface area (Å²) in [5.41, 5.74) is 1.14. The summed E-state index contributed by atoms with van der Waals surface area (Å²) in [5.74, 6) is -0.923. The highest BCUT2D eigenvalue weighted by Crippen LogP contribution is 2.34. The van der Waals surface area contributed by atoms with Crippen LogP contribution < -0.4 is 9.80 Å². The van der Waals surface area contributed by atoms with Crippen LogP contribution in [0.5, 0.6) is 0 Å². The quantitative estimate of drug-likeness (QED) is 0.504. The molecule has 5 rings (SSSR count). The van der Waals surface area contributed by atoms with E-state index in [0.717, 1.165) is 41.0 Å². The van der Waals surface area contributed by atoms with Crippen molar-refractivity contribution in [3.8, 4) is 0 Å². The first-order chi connectivity index (χ1) is 16.3. The molecule has 180 valence electrons. The van der Waals surface area contributed by atoms with Crippen LogP contribution in [0.1, 0.15) is 42.1 Å². The first-order valence-corrected chi connectivity index (χ1v) is 12.1. The van der Waals surface area contributed by atoms with Crippen molar-refractivity contribution in [2.24, 2.45) is 5.92 Å². The van der Waals surface area contributed by atoms with Crippen LogP contribution in [-0.4, -0.2) is 50.3 Å². The van der Waals surface area contributed by atoms with Crippen molar-refractivity contribution in [1.29, 1.82) is 0 Å². The lowest BCUT2D eigenvalue weighted by molar-refractivity contribution is -0.146. The average Bonchev–Trinajstić information content (AvgIpc) is 3.46. The summed E-state index contributed by atoms with van der Waals surface area (Å²) in [6, 6.07) is 3.11. The summed E-state index contributed by atoms with van der Waals surface area (Å²) in [7, 11) is 0. The molecule has 12 heteroatoms. The highest BCUT2D eigenvalue weighted by Gasteiger charge is 2.38. The minimum atomic E-state index is -4.64. The minimum absolute atomic E-state index is 0.0206. The fourth-order valence-electron chi connectivity index (χ4n) is 4.55. The number of carbonyl (C=O) groups excluding carboxylic acids is 1. The third kappa shape index (κ3) is 4.26. The molecule has 0 unspecified atom stereocenters. The lowest BCUT2D eigenvalue weighted by atomic mass is 9.95. The topological polar surface area (TPSA) is 79.5 Å². The highest BCUT2D eigenvalue weighted by molar-refractivity contribution is 7.16. The van der Waals surface area contributed by atoms with Gasteiger partial charge in [0.1, 0.15) is 5.82 Å². The third-order valence-electron chi connectivity index (χ3n) is 6.31. The number of hydrogen-bond donors (Lipinski definition) is 0. The zero-order valence-corrected chi connectivity index (χ0v) is 19.3. The Balaban J connectivity index is 1.30. The molecule has 4 heterocycles. The maximum absolute atomic E-state index is 13.4. The second-order valence-corrected chi connectivity index (χ2v) is 9.62.